The largest absolute Gasteiger partial charge is 0.297 e. The Morgan fingerprint density at radius 1 is 1.00 bits per heavy atom. The van der Waals surface area contributed by atoms with Crippen LogP contribution in [0.25, 0.3) is 0 Å². The van der Waals surface area contributed by atoms with Crippen molar-refractivity contribution in [1.29, 1.82) is 5.26 Å². The molecule has 144 valence electrons. The van der Waals surface area contributed by atoms with Gasteiger partial charge in [-0.15, -0.1) is 0 Å². The number of nitriles is 1. The van der Waals surface area contributed by atoms with Crippen molar-refractivity contribution < 1.29 is 0 Å². The molecule has 0 spiro atoms. The maximum absolute atomic E-state index is 10.1. The summed E-state index contributed by atoms with van der Waals surface area (Å²) in [5.41, 5.74) is 2.03. The van der Waals surface area contributed by atoms with Gasteiger partial charge in [0.1, 0.15) is 0 Å². The highest BCUT2D eigenvalue weighted by molar-refractivity contribution is 9.10. The minimum Gasteiger partial charge on any atom is -0.297 e. The summed E-state index contributed by atoms with van der Waals surface area (Å²) in [6, 6.07) is 22.0. The Morgan fingerprint density at radius 2 is 1.63 bits per heavy atom. The van der Waals surface area contributed by atoms with E-state index in [1.807, 2.05) is 12.1 Å². The Hall–Kier alpha value is -1.63. The van der Waals surface area contributed by atoms with E-state index in [1.165, 1.54) is 5.56 Å². The van der Waals surface area contributed by atoms with E-state index in [-0.39, 0.29) is 5.92 Å². The molecule has 2 rings (SSSR count). The monoisotopic (exact) mass is 426 g/mol. The molecule has 0 heterocycles. The maximum Gasteiger partial charge on any atom is 0.0845 e. The second-order valence-electron chi connectivity index (χ2n) is 7.90. The Bertz CT molecular complexity index is 731. The van der Waals surface area contributed by atoms with Crippen molar-refractivity contribution in [3.8, 4) is 6.07 Å². The second kappa shape index (κ2) is 10.1. The van der Waals surface area contributed by atoms with Crippen molar-refractivity contribution in [1.82, 2.24) is 4.90 Å². The SMILES string of the molecule is CC(C)N(CCCC(C#N)(c1ccc(Br)cc1)C(C)C)Cc1ccccc1. The molecule has 3 heteroatoms. The van der Waals surface area contributed by atoms with E-state index in [2.05, 4.69) is 97.1 Å². The van der Waals surface area contributed by atoms with Crippen LogP contribution in [0, 0.1) is 17.2 Å². The first kappa shape index (κ1) is 21.7. The Labute approximate surface area is 173 Å². The molecule has 0 bridgehead atoms. The third-order valence-corrected chi connectivity index (χ3v) is 6.05. The van der Waals surface area contributed by atoms with E-state index in [1.54, 1.807) is 0 Å². The molecule has 0 saturated carbocycles. The molecule has 1 unspecified atom stereocenters. The quantitative estimate of drug-likeness (QED) is 0.453. The van der Waals surface area contributed by atoms with Crippen molar-refractivity contribution in [3.63, 3.8) is 0 Å². The summed E-state index contributed by atoms with van der Waals surface area (Å²) in [7, 11) is 0. The van der Waals surface area contributed by atoms with Gasteiger partial charge in [-0.3, -0.25) is 4.90 Å². The number of benzene rings is 2. The molecular formula is C24H31BrN2. The van der Waals surface area contributed by atoms with Gasteiger partial charge in [-0.2, -0.15) is 5.26 Å². The summed E-state index contributed by atoms with van der Waals surface area (Å²) < 4.78 is 1.05. The predicted molar refractivity (Wildman–Crippen MR) is 117 cm³/mol. The minimum atomic E-state index is -0.434. The fourth-order valence-electron chi connectivity index (χ4n) is 3.66. The topological polar surface area (TPSA) is 27.0 Å². The summed E-state index contributed by atoms with van der Waals surface area (Å²) in [6.45, 7) is 10.8. The summed E-state index contributed by atoms with van der Waals surface area (Å²) in [5, 5.41) is 10.1. The zero-order chi connectivity index (χ0) is 19.9. The van der Waals surface area contributed by atoms with Crippen LogP contribution in [0.1, 0.15) is 51.7 Å². The van der Waals surface area contributed by atoms with Gasteiger partial charge in [-0.25, -0.2) is 0 Å². The first-order chi connectivity index (χ1) is 12.9. The first-order valence-electron chi connectivity index (χ1n) is 9.84. The minimum absolute atomic E-state index is 0.269. The molecule has 0 N–H and O–H groups in total. The van der Waals surface area contributed by atoms with E-state index in [0.717, 1.165) is 36.0 Å². The van der Waals surface area contributed by atoms with Gasteiger partial charge in [-0.05, 0) is 62.4 Å². The van der Waals surface area contributed by atoms with Gasteiger partial charge in [0.05, 0.1) is 11.5 Å². The Kier molecular flexibility index (Phi) is 8.07. The lowest BCUT2D eigenvalue weighted by molar-refractivity contribution is 0.199. The van der Waals surface area contributed by atoms with Crippen LogP contribution in [0.15, 0.2) is 59.1 Å². The van der Waals surface area contributed by atoms with Gasteiger partial charge < -0.3 is 0 Å². The zero-order valence-electron chi connectivity index (χ0n) is 17.0. The zero-order valence-corrected chi connectivity index (χ0v) is 18.5. The van der Waals surface area contributed by atoms with Gasteiger partial charge in [0.15, 0.2) is 0 Å². The molecular weight excluding hydrogens is 396 g/mol. The van der Waals surface area contributed by atoms with E-state index in [0.29, 0.717) is 6.04 Å². The average molecular weight is 427 g/mol. The molecule has 1 atom stereocenters. The fourth-order valence-corrected chi connectivity index (χ4v) is 3.93. The lowest BCUT2D eigenvalue weighted by Crippen LogP contribution is -2.35. The summed E-state index contributed by atoms with van der Waals surface area (Å²) in [4.78, 5) is 2.50. The summed E-state index contributed by atoms with van der Waals surface area (Å²) in [5.74, 6) is 0.269. The number of hydrogen-bond acceptors (Lipinski definition) is 2. The highest BCUT2D eigenvalue weighted by Crippen LogP contribution is 2.37. The molecule has 0 radical (unpaired) electrons. The van der Waals surface area contributed by atoms with Crippen LogP contribution >= 0.6 is 15.9 Å². The van der Waals surface area contributed by atoms with Gasteiger partial charge >= 0.3 is 0 Å². The molecule has 0 fully saturated rings. The van der Waals surface area contributed by atoms with Crippen LogP contribution in [-0.2, 0) is 12.0 Å². The third-order valence-electron chi connectivity index (χ3n) is 5.52. The van der Waals surface area contributed by atoms with Gasteiger partial charge in [0.25, 0.3) is 0 Å². The van der Waals surface area contributed by atoms with E-state index < -0.39 is 5.41 Å². The van der Waals surface area contributed by atoms with Crippen molar-refractivity contribution in [2.75, 3.05) is 6.54 Å². The molecule has 0 amide bonds. The van der Waals surface area contributed by atoms with E-state index in [9.17, 15) is 5.26 Å². The lowest BCUT2D eigenvalue weighted by Gasteiger charge is -2.33. The third kappa shape index (κ3) is 5.67. The lowest BCUT2D eigenvalue weighted by atomic mass is 9.70. The molecule has 2 aromatic carbocycles. The normalized spacial score (nSPS) is 13.7. The van der Waals surface area contributed by atoms with Crippen molar-refractivity contribution in [2.45, 2.75) is 58.5 Å². The highest BCUT2D eigenvalue weighted by atomic mass is 79.9. The number of halogens is 1. The smallest absolute Gasteiger partial charge is 0.0845 e. The molecule has 0 aliphatic heterocycles. The average Bonchev–Trinajstić information content (AvgIpc) is 2.66. The van der Waals surface area contributed by atoms with Crippen LogP contribution in [0.2, 0.25) is 0 Å². The number of hydrogen-bond donors (Lipinski definition) is 0. The Balaban J connectivity index is 2.09. The maximum atomic E-state index is 10.1. The van der Waals surface area contributed by atoms with E-state index in [4.69, 9.17) is 0 Å². The Morgan fingerprint density at radius 3 is 2.15 bits per heavy atom. The molecule has 0 aliphatic carbocycles. The van der Waals surface area contributed by atoms with Crippen molar-refractivity contribution in [3.05, 3.63) is 70.2 Å². The number of nitrogens with zero attached hydrogens (tertiary/aromatic N) is 2. The molecule has 0 aromatic heterocycles. The summed E-state index contributed by atoms with van der Waals surface area (Å²) in [6.07, 6.45) is 1.88. The van der Waals surface area contributed by atoms with Crippen LogP contribution < -0.4 is 0 Å². The van der Waals surface area contributed by atoms with Gasteiger partial charge in [-0.1, -0.05) is 72.2 Å². The second-order valence-corrected chi connectivity index (χ2v) is 8.81. The van der Waals surface area contributed by atoms with Crippen molar-refractivity contribution in [2.24, 2.45) is 5.92 Å². The van der Waals surface area contributed by atoms with Crippen LogP contribution in [0.5, 0.6) is 0 Å². The van der Waals surface area contributed by atoms with Crippen LogP contribution in [-0.4, -0.2) is 17.5 Å². The van der Waals surface area contributed by atoms with Gasteiger partial charge in [0.2, 0.25) is 0 Å². The standard InChI is InChI=1S/C24H31BrN2/c1-19(2)24(18-26,22-11-13-23(25)14-12-22)15-8-16-27(20(3)4)17-21-9-6-5-7-10-21/h5-7,9-14,19-20H,8,15-17H2,1-4H3. The molecule has 2 nitrogen and oxygen atoms in total. The van der Waals surface area contributed by atoms with Gasteiger partial charge in [0, 0.05) is 17.1 Å². The van der Waals surface area contributed by atoms with Crippen molar-refractivity contribution >= 4 is 15.9 Å². The molecule has 0 aliphatic rings. The molecule has 0 saturated heterocycles. The summed E-state index contributed by atoms with van der Waals surface area (Å²) >= 11 is 3.50. The van der Waals surface area contributed by atoms with Crippen LogP contribution in [0.4, 0.5) is 0 Å². The predicted octanol–water partition coefficient (Wildman–Crippen LogP) is 6.56. The first-order valence-corrected chi connectivity index (χ1v) is 10.6. The highest BCUT2D eigenvalue weighted by Gasteiger charge is 2.35. The molecule has 27 heavy (non-hydrogen) atoms. The fraction of sp³-hybridized carbons (Fsp3) is 0.458. The van der Waals surface area contributed by atoms with E-state index >= 15 is 0 Å². The van der Waals surface area contributed by atoms with Crippen LogP contribution in [0.3, 0.4) is 0 Å². The number of rotatable bonds is 9. The molecule has 2 aromatic rings.